The largest absolute Gasteiger partial charge is 0.433 e. The minimum absolute atomic E-state index is 0.0771. The fourth-order valence-corrected chi connectivity index (χ4v) is 5.28. The number of benzene rings is 2. The molecule has 180 valence electrons. The fraction of sp³-hybridized carbons (Fsp3) is 0.417. The molecule has 2 aromatic carbocycles. The lowest BCUT2D eigenvalue weighted by atomic mass is 9.88. The second-order valence-corrected chi connectivity index (χ2v) is 9.20. The van der Waals surface area contributed by atoms with Gasteiger partial charge in [-0.1, -0.05) is 23.7 Å². The predicted octanol–water partition coefficient (Wildman–Crippen LogP) is 4.36. The highest BCUT2D eigenvalue weighted by molar-refractivity contribution is 6.32. The lowest BCUT2D eigenvalue weighted by molar-refractivity contribution is -0.133. The highest BCUT2D eigenvalue weighted by atomic mass is 35.5. The van der Waals surface area contributed by atoms with Crippen molar-refractivity contribution in [1.29, 1.82) is 0 Å². The van der Waals surface area contributed by atoms with Crippen LogP contribution < -0.4 is 10.5 Å². The molecule has 1 aromatic heterocycles. The lowest BCUT2D eigenvalue weighted by Gasteiger charge is -2.35. The van der Waals surface area contributed by atoms with Gasteiger partial charge in [0.05, 0.1) is 16.6 Å². The van der Waals surface area contributed by atoms with Gasteiger partial charge >= 0.3 is 12.4 Å². The molecule has 2 saturated heterocycles. The average Bonchev–Trinajstić information content (AvgIpc) is 3.36. The maximum Gasteiger partial charge on any atom is 0.417 e. The topological polar surface area (TPSA) is 78.8 Å². The number of aromatic amines is 1. The standard InChI is InChI=1S/C24H24ClF2N3O4/c25-17-11-14(1-4-20(17)33-23(26)27)13-30-10-7-19(22(30)31)29-8-5-15(6-9-29)16-2-3-18-21(12-16)34-24(32)28-18/h1-4,11-12,15,19,23H,5-10,13H2,(H,28,32). The number of oxazole rings is 1. The zero-order chi connectivity index (χ0) is 23.8. The molecule has 0 aliphatic carbocycles. The molecule has 1 unspecified atom stereocenters. The van der Waals surface area contributed by atoms with E-state index in [0.717, 1.165) is 43.5 Å². The van der Waals surface area contributed by atoms with Gasteiger partial charge in [0.25, 0.3) is 0 Å². The van der Waals surface area contributed by atoms with Gasteiger partial charge in [0.1, 0.15) is 5.75 Å². The zero-order valence-corrected chi connectivity index (χ0v) is 19.1. The number of H-pyrrole nitrogens is 1. The van der Waals surface area contributed by atoms with E-state index < -0.39 is 12.4 Å². The van der Waals surface area contributed by atoms with E-state index in [2.05, 4.69) is 14.6 Å². The number of likely N-dealkylation sites (tertiary alicyclic amines) is 2. The van der Waals surface area contributed by atoms with Gasteiger partial charge in [0.15, 0.2) is 5.58 Å². The first kappa shape index (κ1) is 22.9. The van der Waals surface area contributed by atoms with E-state index >= 15 is 0 Å². The van der Waals surface area contributed by atoms with E-state index in [1.165, 1.54) is 6.07 Å². The highest BCUT2D eigenvalue weighted by Gasteiger charge is 2.37. The van der Waals surface area contributed by atoms with Crippen LogP contribution in [0.4, 0.5) is 8.78 Å². The monoisotopic (exact) mass is 491 g/mol. The summed E-state index contributed by atoms with van der Waals surface area (Å²) < 4.78 is 34.4. The van der Waals surface area contributed by atoms with Crippen molar-refractivity contribution < 1.29 is 22.7 Å². The molecule has 7 nitrogen and oxygen atoms in total. The number of fused-ring (bicyclic) bond motifs is 1. The van der Waals surface area contributed by atoms with Crippen LogP contribution >= 0.6 is 11.6 Å². The lowest BCUT2D eigenvalue weighted by Crippen LogP contribution is -2.45. The second-order valence-electron chi connectivity index (χ2n) is 8.79. The maximum absolute atomic E-state index is 13.1. The molecule has 0 saturated carbocycles. The van der Waals surface area contributed by atoms with Crippen LogP contribution in [0, 0.1) is 0 Å². The van der Waals surface area contributed by atoms with Gasteiger partial charge in [-0.25, -0.2) is 4.79 Å². The SMILES string of the molecule is O=C1C(N2CCC(c3ccc4[nH]c(=O)oc4c3)CC2)CCN1Cc1ccc(OC(F)F)c(Cl)c1. The normalized spacial score (nSPS) is 20.1. The van der Waals surface area contributed by atoms with Crippen LogP contribution in [0.3, 0.4) is 0 Å². The maximum atomic E-state index is 13.1. The summed E-state index contributed by atoms with van der Waals surface area (Å²) in [5.74, 6) is -0.0970. The van der Waals surface area contributed by atoms with Crippen LogP contribution in [0.1, 0.15) is 36.3 Å². The molecule has 0 spiro atoms. The van der Waals surface area contributed by atoms with Crippen molar-refractivity contribution in [1.82, 2.24) is 14.8 Å². The van der Waals surface area contributed by atoms with Crippen molar-refractivity contribution >= 4 is 28.6 Å². The summed E-state index contributed by atoms with van der Waals surface area (Å²) in [5.41, 5.74) is 3.18. The Labute approximate surface area is 199 Å². The van der Waals surface area contributed by atoms with Gasteiger partial charge in [-0.2, -0.15) is 8.78 Å². The van der Waals surface area contributed by atoms with Gasteiger partial charge < -0.3 is 14.1 Å². The molecule has 1 amide bonds. The summed E-state index contributed by atoms with van der Waals surface area (Å²) in [6.45, 7) is -0.293. The van der Waals surface area contributed by atoms with Crippen molar-refractivity contribution in [2.24, 2.45) is 0 Å². The van der Waals surface area contributed by atoms with E-state index in [-0.39, 0.29) is 22.7 Å². The number of piperidine rings is 1. The van der Waals surface area contributed by atoms with E-state index in [9.17, 15) is 18.4 Å². The number of hydrogen-bond donors (Lipinski definition) is 1. The molecule has 3 aromatic rings. The molecule has 1 atom stereocenters. The first-order valence-electron chi connectivity index (χ1n) is 11.3. The van der Waals surface area contributed by atoms with Crippen molar-refractivity contribution in [2.75, 3.05) is 19.6 Å². The van der Waals surface area contributed by atoms with Crippen molar-refractivity contribution in [3.8, 4) is 5.75 Å². The Kier molecular flexibility index (Phi) is 6.31. The summed E-state index contributed by atoms with van der Waals surface area (Å²) in [4.78, 5) is 31.2. The molecular weight excluding hydrogens is 468 g/mol. The van der Waals surface area contributed by atoms with E-state index in [1.807, 2.05) is 18.2 Å². The van der Waals surface area contributed by atoms with Gasteiger partial charge in [-0.15, -0.1) is 0 Å². The molecule has 3 heterocycles. The van der Waals surface area contributed by atoms with Crippen LogP contribution in [0.15, 0.2) is 45.6 Å². The number of halogens is 3. The van der Waals surface area contributed by atoms with Crippen LogP contribution in [-0.2, 0) is 11.3 Å². The van der Waals surface area contributed by atoms with Crippen LogP contribution in [-0.4, -0.2) is 53.0 Å². The van der Waals surface area contributed by atoms with Gasteiger partial charge in [0, 0.05) is 13.1 Å². The van der Waals surface area contributed by atoms with Gasteiger partial charge in [-0.05, 0) is 73.7 Å². The fourth-order valence-electron chi connectivity index (χ4n) is 5.03. The molecule has 34 heavy (non-hydrogen) atoms. The molecule has 10 heteroatoms. The molecule has 2 aliphatic rings. The number of aromatic nitrogens is 1. The van der Waals surface area contributed by atoms with Crippen molar-refractivity contribution in [2.45, 2.75) is 44.4 Å². The van der Waals surface area contributed by atoms with Crippen LogP contribution in [0.5, 0.6) is 5.75 Å². The molecule has 2 fully saturated rings. The molecule has 1 N–H and O–H groups in total. The summed E-state index contributed by atoms with van der Waals surface area (Å²) in [5, 5.41) is 0.0974. The number of carbonyl (C=O) groups excluding carboxylic acids is 1. The second kappa shape index (κ2) is 9.38. The quantitative estimate of drug-likeness (QED) is 0.554. The Morgan fingerprint density at radius 3 is 2.62 bits per heavy atom. The van der Waals surface area contributed by atoms with E-state index in [1.54, 1.807) is 17.0 Å². The molecule has 0 bridgehead atoms. The van der Waals surface area contributed by atoms with Crippen molar-refractivity contribution in [3.05, 3.63) is 63.1 Å². The van der Waals surface area contributed by atoms with Gasteiger partial charge in [0.2, 0.25) is 5.91 Å². The third-order valence-electron chi connectivity index (χ3n) is 6.74. The predicted molar refractivity (Wildman–Crippen MR) is 122 cm³/mol. The third kappa shape index (κ3) is 4.67. The first-order chi connectivity index (χ1) is 16.4. The summed E-state index contributed by atoms with van der Waals surface area (Å²) in [6.07, 6.45) is 2.60. The molecule has 2 aliphatic heterocycles. The molecular formula is C24H24ClF2N3O4. The Bertz CT molecular complexity index is 1250. The number of nitrogens with one attached hydrogen (secondary N) is 1. The average molecular weight is 492 g/mol. The summed E-state index contributed by atoms with van der Waals surface area (Å²) >= 11 is 6.05. The van der Waals surface area contributed by atoms with E-state index in [4.69, 9.17) is 16.0 Å². The number of hydrogen-bond acceptors (Lipinski definition) is 5. The minimum atomic E-state index is -2.94. The Morgan fingerprint density at radius 2 is 1.88 bits per heavy atom. The zero-order valence-electron chi connectivity index (χ0n) is 18.3. The summed E-state index contributed by atoms with van der Waals surface area (Å²) in [6, 6.07) is 10.3. The number of carbonyl (C=O) groups is 1. The minimum Gasteiger partial charge on any atom is -0.433 e. The Balaban J connectivity index is 1.18. The smallest absolute Gasteiger partial charge is 0.417 e. The first-order valence-corrected chi connectivity index (χ1v) is 11.6. The van der Waals surface area contributed by atoms with Crippen molar-refractivity contribution in [3.63, 3.8) is 0 Å². The van der Waals surface area contributed by atoms with Crippen LogP contribution in [0.2, 0.25) is 5.02 Å². The van der Waals surface area contributed by atoms with Crippen LogP contribution in [0.25, 0.3) is 11.1 Å². The molecule has 5 rings (SSSR count). The van der Waals surface area contributed by atoms with E-state index in [0.29, 0.717) is 30.1 Å². The highest BCUT2D eigenvalue weighted by Crippen LogP contribution is 2.33. The Morgan fingerprint density at radius 1 is 1.09 bits per heavy atom. The number of ether oxygens (including phenoxy) is 1. The number of amides is 1. The number of nitrogens with zero attached hydrogens (tertiary/aromatic N) is 2. The number of alkyl halides is 2. The Hall–Kier alpha value is -2.91. The number of rotatable bonds is 6. The molecule has 0 radical (unpaired) electrons. The van der Waals surface area contributed by atoms with Gasteiger partial charge in [-0.3, -0.25) is 14.7 Å². The summed E-state index contributed by atoms with van der Waals surface area (Å²) in [7, 11) is 0. The third-order valence-corrected chi connectivity index (χ3v) is 7.04.